The van der Waals surface area contributed by atoms with E-state index < -0.39 is 0 Å². The van der Waals surface area contributed by atoms with Gasteiger partial charge in [0.1, 0.15) is 5.82 Å². The van der Waals surface area contributed by atoms with Crippen molar-refractivity contribution in [2.45, 2.75) is 51.2 Å². The molecular weight excluding hydrogens is 228 g/mol. The van der Waals surface area contributed by atoms with Gasteiger partial charge in [0, 0.05) is 32.5 Å². The number of hydrogen-bond donors (Lipinski definition) is 1. The highest BCUT2D eigenvalue weighted by atomic mass is 16.5. The normalized spacial score (nSPS) is 24.8. The second kappa shape index (κ2) is 6.34. The van der Waals surface area contributed by atoms with Gasteiger partial charge in [-0.3, -0.25) is 0 Å². The molecule has 0 spiro atoms. The third-order valence-corrected chi connectivity index (χ3v) is 3.82. The summed E-state index contributed by atoms with van der Waals surface area (Å²) in [6.45, 7) is 2.84. The molecule has 4 nitrogen and oxygen atoms in total. The van der Waals surface area contributed by atoms with Gasteiger partial charge in [-0.25, -0.2) is 4.98 Å². The molecule has 0 saturated heterocycles. The third-order valence-electron chi connectivity index (χ3n) is 3.82. The monoisotopic (exact) mass is 252 g/mol. The molecule has 0 bridgehead atoms. The topological polar surface area (TPSA) is 47.3 Å². The predicted molar refractivity (Wildman–Crippen MR) is 70.3 cm³/mol. The van der Waals surface area contributed by atoms with E-state index in [0.29, 0.717) is 12.0 Å². The lowest BCUT2D eigenvalue weighted by Crippen LogP contribution is -2.33. The third kappa shape index (κ3) is 3.56. The minimum atomic E-state index is -0.200. The quantitative estimate of drug-likeness (QED) is 0.806. The van der Waals surface area contributed by atoms with Gasteiger partial charge in [-0.05, 0) is 38.5 Å². The number of ether oxygens (including phenoxy) is 1. The van der Waals surface area contributed by atoms with Crippen molar-refractivity contribution < 1.29 is 9.84 Å². The van der Waals surface area contributed by atoms with Crippen molar-refractivity contribution in [3.05, 3.63) is 18.2 Å². The fourth-order valence-corrected chi connectivity index (χ4v) is 2.67. The van der Waals surface area contributed by atoms with Crippen LogP contribution in [0.5, 0.6) is 0 Å². The number of aryl methyl sites for hydroxylation is 2. The SMILES string of the molecule is CCOC1CC(CC(O)CCc2nccn2C)C1. The lowest BCUT2D eigenvalue weighted by Gasteiger charge is -2.36. The Labute approximate surface area is 109 Å². The minimum Gasteiger partial charge on any atom is -0.393 e. The highest BCUT2D eigenvalue weighted by Crippen LogP contribution is 2.34. The second-order valence-corrected chi connectivity index (χ2v) is 5.30. The lowest BCUT2D eigenvalue weighted by atomic mass is 9.78. The number of hydrogen-bond acceptors (Lipinski definition) is 3. The highest BCUT2D eigenvalue weighted by molar-refractivity contribution is 4.92. The van der Waals surface area contributed by atoms with Gasteiger partial charge in [0.05, 0.1) is 12.2 Å². The van der Waals surface area contributed by atoms with E-state index in [0.717, 1.165) is 44.5 Å². The molecule has 1 aliphatic rings. The van der Waals surface area contributed by atoms with Crippen LogP contribution in [0.4, 0.5) is 0 Å². The summed E-state index contributed by atoms with van der Waals surface area (Å²) in [5, 5.41) is 10.0. The average Bonchev–Trinajstić information content (AvgIpc) is 2.69. The molecule has 102 valence electrons. The van der Waals surface area contributed by atoms with Crippen LogP contribution in [-0.2, 0) is 18.2 Å². The Morgan fingerprint density at radius 1 is 1.56 bits per heavy atom. The first-order valence-corrected chi connectivity index (χ1v) is 6.95. The molecule has 0 amide bonds. The molecule has 1 unspecified atom stereocenters. The summed E-state index contributed by atoms with van der Waals surface area (Å²) in [4.78, 5) is 4.27. The molecule has 0 aromatic carbocycles. The smallest absolute Gasteiger partial charge is 0.108 e. The minimum absolute atomic E-state index is 0.200. The lowest BCUT2D eigenvalue weighted by molar-refractivity contribution is -0.0383. The van der Waals surface area contributed by atoms with Crippen molar-refractivity contribution in [2.75, 3.05) is 6.61 Å². The van der Waals surface area contributed by atoms with Crippen molar-refractivity contribution in [2.24, 2.45) is 13.0 Å². The zero-order valence-corrected chi connectivity index (χ0v) is 11.4. The van der Waals surface area contributed by atoms with Crippen molar-refractivity contribution >= 4 is 0 Å². The summed E-state index contributed by atoms with van der Waals surface area (Å²) in [5.41, 5.74) is 0. The maximum absolute atomic E-state index is 10.0. The molecule has 0 radical (unpaired) electrons. The molecule has 18 heavy (non-hydrogen) atoms. The van der Waals surface area contributed by atoms with Crippen LogP contribution in [0.2, 0.25) is 0 Å². The molecule has 1 aromatic rings. The number of aliphatic hydroxyl groups excluding tert-OH is 1. The zero-order valence-electron chi connectivity index (χ0n) is 11.4. The molecule has 1 saturated carbocycles. The molecule has 0 aliphatic heterocycles. The maximum Gasteiger partial charge on any atom is 0.108 e. The number of rotatable bonds is 7. The Balaban J connectivity index is 1.62. The van der Waals surface area contributed by atoms with E-state index in [9.17, 15) is 5.11 Å². The van der Waals surface area contributed by atoms with E-state index in [-0.39, 0.29) is 6.10 Å². The molecular formula is C14H24N2O2. The Morgan fingerprint density at radius 2 is 2.33 bits per heavy atom. The Hall–Kier alpha value is -0.870. The first-order chi connectivity index (χ1) is 8.69. The Kier molecular flexibility index (Phi) is 4.78. The standard InChI is InChI=1S/C14H24N2O2/c1-3-18-13-9-11(10-13)8-12(17)4-5-14-15-6-7-16(14)2/h6-7,11-13,17H,3-5,8-10H2,1-2H3. The van der Waals surface area contributed by atoms with Crippen molar-refractivity contribution in [3.63, 3.8) is 0 Å². The van der Waals surface area contributed by atoms with E-state index in [2.05, 4.69) is 4.98 Å². The number of imidazole rings is 1. The number of nitrogens with zero attached hydrogens (tertiary/aromatic N) is 2. The van der Waals surface area contributed by atoms with E-state index in [4.69, 9.17) is 4.74 Å². The maximum atomic E-state index is 10.0. The van der Waals surface area contributed by atoms with Gasteiger partial charge in [0.2, 0.25) is 0 Å². The summed E-state index contributed by atoms with van der Waals surface area (Å²) in [6.07, 6.45) is 8.80. The second-order valence-electron chi connectivity index (χ2n) is 5.30. The Morgan fingerprint density at radius 3 is 2.94 bits per heavy atom. The van der Waals surface area contributed by atoms with Crippen molar-refractivity contribution in [1.29, 1.82) is 0 Å². The number of aliphatic hydroxyl groups is 1. The van der Waals surface area contributed by atoms with Crippen LogP contribution < -0.4 is 0 Å². The predicted octanol–water partition coefficient (Wildman–Crippen LogP) is 1.92. The van der Waals surface area contributed by atoms with Gasteiger partial charge in [0.15, 0.2) is 0 Å². The van der Waals surface area contributed by atoms with Crippen LogP contribution in [0.25, 0.3) is 0 Å². The molecule has 4 heteroatoms. The molecule has 1 N–H and O–H groups in total. The van der Waals surface area contributed by atoms with Gasteiger partial charge in [-0.2, -0.15) is 0 Å². The molecule has 1 fully saturated rings. The summed E-state index contributed by atoms with van der Waals surface area (Å²) in [5.74, 6) is 1.70. The summed E-state index contributed by atoms with van der Waals surface area (Å²) >= 11 is 0. The molecule has 1 aromatic heterocycles. The van der Waals surface area contributed by atoms with Crippen LogP contribution in [0, 0.1) is 5.92 Å². The van der Waals surface area contributed by atoms with Crippen molar-refractivity contribution in [1.82, 2.24) is 9.55 Å². The highest BCUT2D eigenvalue weighted by Gasteiger charge is 2.30. The number of aromatic nitrogens is 2. The van der Waals surface area contributed by atoms with Crippen LogP contribution in [-0.4, -0.2) is 33.5 Å². The molecule has 1 aliphatic carbocycles. The van der Waals surface area contributed by atoms with Crippen LogP contribution in [0.15, 0.2) is 12.4 Å². The van der Waals surface area contributed by atoms with Crippen LogP contribution in [0.1, 0.15) is 38.4 Å². The van der Waals surface area contributed by atoms with E-state index in [1.54, 1.807) is 6.20 Å². The molecule has 1 heterocycles. The van der Waals surface area contributed by atoms with Gasteiger partial charge < -0.3 is 14.4 Å². The largest absolute Gasteiger partial charge is 0.393 e. The first-order valence-electron chi connectivity index (χ1n) is 6.95. The zero-order chi connectivity index (χ0) is 13.0. The van der Waals surface area contributed by atoms with Crippen molar-refractivity contribution in [3.8, 4) is 0 Å². The van der Waals surface area contributed by atoms with Crippen LogP contribution >= 0.6 is 0 Å². The van der Waals surface area contributed by atoms with Gasteiger partial charge in [-0.1, -0.05) is 0 Å². The summed E-state index contributed by atoms with van der Waals surface area (Å²) in [7, 11) is 1.99. The molecule has 1 atom stereocenters. The van der Waals surface area contributed by atoms with E-state index in [1.807, 2.05) is 24.7 Å². The van der Waals surface area contributed by atoms with Gasteiger partial charge >= 0.3 is 0 Å². The van der Waals surface area contributed by atoms with E-state index in [1.165, 1.54) is 0 Å². The molecule has 2 rings (SSSR count). The first kappa shape index (κ1) is 13.6. The van der Waals surface area contributed by atoms with Crippen LogP contribution in [0.3, 0.4) is 0 Å². The Bertz CT molecular complexity index is 358. The van der Waals surface area contributed by atoms with E-state index >= 15 is 0 Å². The summed E-state index contributed by atoms with van der Waals surface area (Å²) in [6, 6.07) is 0. The van der Waals surface area contributed by atoms with Gasteiger partial charge in [0.25, 0.3) is 0 Å². The van der Waals surface area contributed by atoms with Gasteiger partial charge in [-0.15, -0.1) is 0 Å². The fourth-order valence-electron chi connectivity index (χ4n) is 2.67. The average molecular weight is 252 g/mol. The fraction of sp³-hybridized carbons (Fsp3) is 0.786. The summed E-state index contributed by atoms with van der Waals surface area (Å²) < 4.78 is 7.54.